The molecular weight excluding hydrogens is 330 g/mol. The lowest BCUT2D eigenvalue weighted by molar-refractivity contribution is -0.122. The first-order valence-electron chi connectivity index (χ1n) is 8.92. The summed E-state index contributed by atoms with van der Waals surface area (Å²) in [4.78, 5) is 12.5. The first-order chi connectivity index (χ1) is 12.6. The van der Waals surface area contributed by atoms with Crippen molar-refractivity contribution >= 4 is 11.6 Å². The van der Waals surface area contributed by atoms with Gasteiger partial charge in [0.2, 0.25) is 0 Å². The molecule has 3 rings (SSSR count). The molecule has 1 aliphatic rings. The molecule has 1 atom stereocenters. The number of amides is 1. The Hall–Kier alpha value is -2.69. The number of carbonyl (C=O) groups excluding carboxylic acids is 1. The number of benzene rings is 2. The Morgan fingerprint density at radius 2 is 1.69 bits per heavy atom. The van der Waals surface area contributed by atoms with E-state index in [1.54, 1.807) is 39.3 Å². The fourth-order valence-corrected chi connectivity index (χ4v) is 3.20. The van der Waals surface area contributed by atoms with E-state index in [-0.39, 0.29) is 5.91 Å². The van der Waals surface area contributed by atoms with Crippen molar-refractivity contribution in [1.29, 1.82) is 0 Å². The van der Waals surface area contributed by atoms with Crippen LogP contribution in [0.25, 0.3) is 0 Å². The molecule has 5 nitrogen and oxygen atoms in total. The number of nitrogens with one attached hydrogen (secondary N) is 1. The Morgan fingerprint density at radius 3 is 2.42 bits per heavy atom. The second kappa shape index (κ2) is 8.13. The van der Waals surface area contributed by atoms with E-state index in [9.17, 15) is 4.79 Å². The summed E-state index contributed by atoms with van der Waals surface area (Å²) in [7, 11) is 3.13. The molecule has 0 fully saturated rings. The van der Waals surface area contributed by atoms with Gasteiger partial charge >= 0.3 is 0 Å². The van der Waals surface area contributed by atoms with Crippen LogP contribution in [0.4, 0.5) is 5.69 Å². The summed E-state index contributed by atoms with van der Waals surface area (Å²) in [6.45, 7) is 1.75. The lowest BCUT2D eigenvalue weighted by Gasteiger charge is -2.19. The predicted molar refractivity (Wildman–Crippen MR) is 101 cm³/mol. The van der Waals surface area contributed by atoms with Crippen molar-refractivity contribution in [2.45, 2.75) is 38.7 Å². The van der Waals surface area contributed by atoms with Crippen molar-refractivity contribution < 1.29 is 19.0 Å². The lowest BCUT2D eigenvalue weighted by atomic mass is 9.92. The third-order valence-electron chi connectivity index (χ3n) is 4.65. The third kappa shape index (κ3) is 4.10. The lowest BCUT2D eigenvalue weighted by Crippen LogP contribution is -2.30. The minimum Gasteiger partial charge on any atom is -0.493 e. The van der Waals surface area contributed by atoms with Crippen LogP contribution in [0, 0.1) is 0 Å². The van der Waals surface area contributed by atoms with Crippen molar-refractivity contribution in [3.05, 3.63) is 47.5 Å². The zero-order valence-electron chi connectivity index (χ0n) is 15.5. The molecule has 2 aromatic rings. The van der Waals surface area contributed by atoms with Gasteiger partial charge in [-0.25, -0.2) is 0 Å². The van der Waals surface area contributed by atoms with Gasteiger partial charge in [0.25, 0.3) is 5.91 Å². The van der Waals surface area contributed by atoms with Crippen molar-refractivity contribution in [1.82, 2.24) is 0 Å². The molecule has 0 aromatic heterocycles. The van der Waals surface area contributed by atoms with E-state index in [2.05, 4.69) is 17.4 Å². The molecule has 1 aliphatic carbocycles. The highest BCUT2D eigenvalue weighted by Gasteiger charge is 2.17. The first-order valence-corrected chi connectivity index (χ1v) is 8.92. The van der Waals surface area contributed by atoms with E-state index >= 15 is 0 Å². The van der Waals surface area contributed by atoms with Gasteiger partial charge in [0, 0.05) is 11.8 Å². The minimum absolute atomic E-state index is 0.213. The van der Waals surface area contributed by atoms with Gasteiger partial charge in [-0.3, -0.25) is 4.79 Å². The minimum atomic E-state index is -0.607. The summed E-state index contributed by atoms with van der Waals surface area (Å²) >= 11 is 0. The van der Waals surface area contributed by atoms with Crippen molar-refractivity contribution in [3.8, 4) is 17.2 Å². The molecule has 26 heavy (non-hydrogen) atoms. The maximum Gasteiger partial charge on any atom is 0.265 e. The normalized spacial score (nSPS) is 14.1. The van der Waals surface area contributed by atoms with Gasteiger partial charge in [0.15, 0.2) is 17.6 Å². The summed E-state index contributed by atoms with van der Waals surface area (Å²) in [6.07, 6.45) is 4.07. The van der Waals surface area contributed by atoms with E-state index in [0.717, 1.165) is 18.6 Å². The molecule has 5 heteroatoms. The van der Waals surface area contributed by atoms with Gasteiger partial charge in [-0.15, -0.1) is 0 Å². The van der Waals surface area contributed by atoms with Gasteiger partial charge < -0.3 is 19.5 Å². The summed E-state index contributed by atoms with van der Waals surface area (Å²) < 4.78 is 16.3. The molecule has 0 bridgehead atoms. The van der Waals surface area contributed by atoms with E-state index < -0.39 is 6.10 Å². The molecule has 0 aliphatic heterocycles. The second-order valence-electron chi connectivity index (χ2n) is 6.46. The Bertz CT molecular complexity index is 788. The van der Waals surface area contributed by atoms with Crippen molar-refractivity contribution in [2.75, 3.05) is 19.5 Å². The molecule has 2 aromatic carbocycles. The molecular formula is C21H25NO4. The number of hydrogen-bond acceptors (Lipinski definition) is 4. The van der Waals surface area contributed by atoms with Crippen molar-refractivity contribution in [3.63, 3.8) is 0 Å². The number of hydrogen-bond donors (Lipinski definition) is 1. The quantitative estimate of drug-likeness (QED) is 0.851. The molecule has 1 unspecified atom stereocenters. The summed E-state index contributed by atoms with van der Waals surface area (Å²) in [5, 5.41) is 2.85. The van der Waals surface area contributed by atoms with Gasteiger partial charge in [0.1, 0.15) is 5.75 Å². The number of ether oxygens (including phenoxy) is 3. The average molecular weight is 355 g/mol. The van der Waals surface area contributed by atoms with Gasteiger partial charge in [-0.05, 0) is 68.0 Å². The number of fused-ring (bicyclic) bond motifs is 1. The standard InChI is InChI=1S/C21H25NO4/c1-14(26-18-10-8-15-6-4-5-7-16(15)12-18)21(23)22-17-9-11-19(24-2)20(13-17)25-3/h8-14H,4-7H2,1-3H3,(H,22,23). The smallest absolute Gasteiger partial charge is 0.265 e. The van der Waals surface area contributed by atoms with Crippen LogP contribution in [0.3, 0.4) is 0 Å². The topological polar surface area (TPSA) is 56.8 Å². The maximum absolute atomic E-state index is 12.5. The Labute approximate surface area is 154 Å². The molecule has 0 heterocycles. The number of methoxy groups -OCH3 is 2. The SMILES string of the molecule is COc1ccc(NC(=O)C(C)Oc2ccc3c(c2)CCCC3)cc1OC. The van der Waals surface area contributed by atoms with E-state index in [1.165, 1.54) is 24.0 Å². The highest BCUT2D eigenvalue weighted by Crippen LogP contribution is 2.30. The molecule has 0 spiro atoms. The molecule has 1 amide bonds. The van der Waals surface area contributed by atoms with Gasteiger partial charge in [0.05, 0.1) is 14.2 Å². The first kappa shape index (κ1) is 18.1. The molecule has 1 N–H and O–H groups in total. The van der Waals surface area contributed by atoms with Gasteiger partial charge in [-0.1, -0.05) is 6.07 Å². The zero-order valence-corrected chi connectivity index (χ0v) is 15.5. The Kier molecular flexibility index (Phi) is 5.66. The number of rotatable bonds is 6. The molecule has 0 saturated heterocycles. The maximum atomic E-state index is 12.5. The number of aryl methyl sites for hydroxylation is 2. The second-order valence-corrected chi connectivity index (χ2v) is 6.46. The fourth-order valence-electron chi connectivity index (χ4n) is 3.20. The predicted octanol–water partition coefficient (Wildman–Crippen LogP) is 3.99. The van der Waals surface area contributed by atoms with Crippen molar-refractivity contribution in [2.24, 2.45) is 0 Å². The van der Waals surface area contributed by atoms with Crippen LogP contribution in [0.5, 0.6) is 17.2 Å². The largest absolute Gasteiger partial charge is 0.493 e. The highest BCUT2D eigenvalue weighted by molar-refractivity contribution is 5.94. The Balaban J connectivity index is 1.64. The summed E-state index contributed by atoms with van der Waals surface area (Å²) in [5.74, 6) is 1.70. The monoisotopic (exact) mass is 355 g/mol. The van der Waals surface area contributed by atoms with Crippen LogP contribution >= 0.6 is 0 Å². The number of anilines is 1. The molecule has 0 radical (unpaired) electrons. The zero-order chi connectivity index (χ0) is 18.5. The third-order valence-corrected chi connectivity index (χ3v) is 4.65. The average Bonchev–Trinajstić information content (AvgIpc) is 2.67. The van der Waals surface area contributed by atoms with Crippen LogP contribution in [0.2, 0.25) is 0 Å². The van der Waals surface area contributed by atoms with Crippen LogP contribution in [0.15, 0.2) is 36.4 Å². The summed E-state index contributed by atoms with van der Waals surface area (Å²) in [6, 6.07) is 11.4. The molecule has 138 valence electrons. The fraction of sp³-hybridized carbons (Fsp3) is 0.381. The summed E-state index contributed by atoms with van der Waals surface area (Å²) in [5.41, 5.74) is 3.36. The van der Waals surface area contributed by atoms with E-state index in [1.807, 2.05) is 6.07 Å². The van der Waals surface area contributed by atoms with Gasteiger partial charge in [-0.2, -0.15) is 0 Å². The highest BCUT2D eigenvalue weighted by atomic mass is 16.5. The van der Waals surface area contributed by atoms with E-state index in [4.69, 9.17) is 14.2 Å². The molecule has 0 saturated carbocycles. The number of carbonyl (C=O) groups is 1. The van der Waals surface area contributed by atoms with E-state index in [0.29, 0.717) is 17.2 Å². The van der Waals surface area contributed by atoms with Crippen LogP contribution in [-0.2, 0) is 17.6 Å². The van der Waals surface area contributed by atoms with Crippen LogP contribution in [-0.4, -0.2) is 26.2 Å². The van der Waals surface area contributed by atoms with Crippen LogP contribution < -0.4 is 19.5 Å². The van der Waals surface area contributed by atoms with Crippen LogP contribution in [0.1, 0.15) is 30.9 Å². The Morgan fingerprint density at radius 1 is 0.962 bits per heavy atom.